The molecule has 1 aliphatic heterocycles. The second-order valence-electron chi connectivity index (χ2n) is 7.07. The van der Waals surface area contributed by atoms with Crippen molar-refractivity contribution in [2.45, 2.75) is 33.2 Å². The number of aromatic nitrogens is 3. The Hall–Kier alpha value is -2.55. The standard InChI is InChI=1S/C18H22N6O2S/c1-11-7-20-14(8-19-11)9-21-16(25)15-12(2)22-17(27-15)24-6-5-23(18(24)26)10-13-3-4-13/h7-8,13H,3-6,9-10H2,1-2H3,(H,21,25). The van der Waals surface area contributed by atoms with Crippen LogP contribution in [0.5, 0.6) is 0 Å². The maximum atomic E-state index is 12.6. The van der Waals surface area contributed by atoms with Gasteiger partial charge in [-0.05, 0) is 32.6 Å². The molecule has 9 heteroatoms. The summed E-state index contributed by atoms with van der Waals surface area (Å²) in [6.45, 7) is 6.15. The number of anilines is 1. The first-order valence-corrected chi connectivity index (χ1v) is 9.92. The third kappa shape index (κ3) is 3.92. The first-order valence-electron chi connectivity index (χ1n) is 9.11. The van der Waals surface area contributed by atoms with E-state index < -0.39 is 0 Å². The van der Waals surface area contributed by atoms with Gasteiger partial charge in [-0.1, -0.05) is 11.3 Å². The number of rotatable bonds is 6. The molecule has 2 aromatic rings. The van der Waals surface area contributed by atoms with E-state index in [9.17, 15) is 9.59 Å². The summed E-state index contributed by atoms with van der Waals surface area (Å²) >= 11 is 1.26. The largest absolute Gasteiger partial charge is 0.346 e. The number of nitrogens with zero attached hydrogens (tertiary/aromatic N) is 5. The summed E-state index contributed by atoms with van der Waals surface area (Å²) in [4.78, 5) is 42.1. The summed E-state index contributed by atoms with van der Waals surface area (Å²) in [5, 5.41) is 3.44. The van der Waals surface area contributed by atoms with Crippen molar-refractivity contribution in [3.8, 4) is 0 Å². The number of thiazole rings is 1. The van der Waals surface area contributed by atoms with Gasteiger partial charge in [0, 0.05) is 25.8 Å². The Balaban J connectivity index is 1.40. The molecule has 0 unspecified atom stereocenters. The molecule has 4 rings (SSSR count). The van der Waals surface area contributed by atoms with Gasteiger partial charge >= 0.3 is 6.03 Å². The lowest BCUT2D eigenvalue weighted by Gasteiger charge is -2.16. The minimum absolute atomic E-state index is 0.00228. The molecule has 2 fully saturated rings. The number of hydrogen-bond acceptors (Lipinski definition) is 6. The molecule has 0 bridgehead atoms. The third-order valence-electron chi connectivity index (χ3n) is 4.76. The smallest absolute Gasteiger partial charge is 0.326 e. The van der Waals surface area contributed by atoms with E-state index in [0.29, 0.717) is 40.4 Å². The molecule has 0 radical (unpaired) electrons. The van der Waals surface area contributed by atoms with Crippen LogP contribution in [-0.2, 0) is 6.54 Å². The minimum atomic E-state index is -0.208. The van der Waals surface area contributed by atoms with Crippen LogP contribution < -0.4 is 10.2 Å². The monoisotopic (exact) mass is 386 g/mol. The van der Waals surface area contributed by atoms with Crippen LogP contribution in [0.25, 0.3) is 0 Å². The SMILES string of the molecule is Cc1cnc(CNC(=O)c2sc(N3CCN(CC4CC4)C3=O)nc2C)cn1. The molecule has 3 amide bonds. The summed E-state index contributed by atoms with van der Waals surface area (Å²) in [6.07, 6.45) is 5.76. The molecule has 27 heavy (non-hydrogen) atoms. The van der Waals surface area contributed by atoms with E-state index in [4.69, 9.17) is 0 Å². The molecular formula is C18H22N6O2S. The van der Waals surface area contributed by atoms with Gasteiger partial charge in [0.25, 0.3) is 5.91 Å². The average molecular weight is 386 g/mol. The van der Waals surface area contributed by atoms with Gasteiger partial charge in [0.1, 0.15) is 4.88 Å². The number of amides is 3. The van der Waals surface area contributed by atoms with Gasteiger partial charge < -0.3 is 10.2 Å². The van der Waals surface area contributed by atoms with Crippen LogP contribution in [0.1, 0.15) is 39.6 Å². The normalized spacial score (nSPS) is 16.9. The second-order valence-corrected chi connectivity index (χ2v) is 8.04. The van der Waals surface area contributed by atoms with Crippen molar-refractivity contribution in [1.82, 2.24) is 25.2 Å². The molecule has 1 saturated carbocycles. The number of hydrogen-bond donors (Lipinski definition) is 1. The van der Waals surface area contributed by atoms with Crippen molar-refractivity contribution in [1.29, 1.82) is 0 Å². The fourth-order valence-electron chi connectivity index (χ4n) is 3.01. The van der Waals surface area contributed by atoms with Crippen LogP contribution in [0.3, 0.4) is 0 Å². The van der Waals surface area contributed by atoms with E-state index in [1.54, 1.807) is 24.2 Å². The van der Waals surface area contributed by atoms with E-state index in [0.717, 1.165) is 18.8 Å². The molecule has 0 aromatic carbocycles. The van der Waals surface area contributed by atoms with Gasteiger partial charge in [0.2, 0.25) is 0 Å². The van der Waals surface area contributed by atoms with Crippen LogP contribution >= 0.6 is 11.3 Å². The lowest BCUT2D eigenvalue weighted by atomic mass is 10.3. The Bertz CT molecular complexity index is 861. The maximum absolute atomic E-state index is 12.6. The zero-order chi connectivity index (χ0) is 19.0. The third-order valence-corrected chi connectivity index (χ3v) is 5.94. The molecule has 142 valence electrons. The van der Waals surface area contributed by atoms with Crippen LogP contribution in [0.4, 0.5) is 9.93 Å². The Morgan fingerprint density at radius 2 is 2.07 bits per heavy atom. The predicted molar refractivity (Wildman–Crippen MR) is 102 cm³/mol. The predicted octanol–water partition coefficient (Wildman–Crippen LogP) is 2.13. The zero-order valence-electron chi connectivity index (χ0n) is 15.4. The van der Waals surface area contributed by atoms with Gasteiger partial charge in [-0.3, -0.25) is 19.7 Å². The van der Waals surface area contributed by atoms with Gasteiger partial charge in [0.05, 0.1) is 29.8 Å². The topological polar surface area (TPSA) is 91.3 Å². The second kappa shape index (κ2) is 7.22. The molecule has 0 spiro atoms. The van der Waals surface area contributed by atoms with Crippen molar-refractivity contribution >= 4 is 28.4 Å². The summed E-state index contributed by atoms with van der Waals surface area (Å²) < 4.78 is 0. The van der Waals surface area contributed by atoms with E-state index >= 15 is 0 Å². The van der Waals surface area contributed by atoms with Crippen molar-refractivity contribution in [2.24, 2.45) is 5.92 Å². The van der Waals surface area contributed by atoms with Crippen molar-refractivity contribution in [3.05, 3.63) is 34.4 Å². The quantitative estimate of drug-likeness (QED) is 0.821. The summed E-state index contributed by atoms with van der Waals surface area (Å²) in [5.74, 6) is 0.457. The fraction of sp³-hybridized carbons (Fsp3) is 0.500. The highest BCUT2D eigenvalue weighted by Crippen LogP contribution is 2.33. The van der Waals surface area contributed by atoms with E-state index in [-0.39, 0.29) is 11.9 Å². The fourth-order valence-corrected chi connectivity index (χ4v) is 4.01. The number of carbonyl (C=O) groups excluding carboxylic acids is 2. The highest BCUT2D eigenvalue weighted by atomic mass is 32.1. The Kier molecular flexibility index (Phi) is 4.77. The van der Waals surface area contributed by atoms with E-state index in [1.807, 2.05) is 11.8 Å². The molecule has 2 aliphatic rings. The van der Waals surface area contributed by atoms with Crippen LogP contribution in [0.15, 0.2) is 12.4 Å². The lowest BCUT2D eigenvalue weighted by molar-refractivity contribution is 0.0953. The summed E-state index contributed by atoms with van der Waals surface area (Å²) in [5.41, 5.74) is 2.16. The maximum Gasteiger partial charge on any atom is 0.326 e. The molecule has 1 N–H and O–H groups in total. The van der Waals surface area contributed by atoms with Gasteiger partial charge in [-0.25, -0.2) is 9.78 Å². The first-order chi connectivity index (χ1) is 13.0. The molecule has 3 heterocycles. The van der Waals surface area contributed by atoms with Crippen LogP contribution in [-0.4, -0.2) is 51.4 Å². The Morgan fingerprint density at radius 1 is 1.26 bits per heavy atom. The van der Waals surface area contributed by atoms with Gasteiger partial charge in [-0.15, -0.1) is 0 Å². The Morgan fingerprint density at radius 3 is 2.78 bits per heavy atom. The molecule has 1 saturated heterocycles. The summed E-state index contributed by atoms with van der Waals surface area (Å²) in [7, 11) is 0. The van der Waals surface area contributed by atoms with Gasteiger partial charge in [-0.2, -0.15) is 0 Å². The van der Waals surface area contributed by atoms with Gasteiger partial charge in [0.15, 0.2) is 5.13 Å². The lowest BCUT2D eigenvalue weighted by Crippen LogP contribution is -2.33. The number of nitrogens with one attached hydrogen (secondary N) is 1. The van der Waals surface area contributed by atoms with Crippen LogP contribution in [0, 0.1) is 19.8 Å². The molecule has 8 nitrogen and oxygen atoms in total. The highest BCUT2D eigenvalue weighted by Gasteiger charge is 2.35. The molecule has 1 aliphatic carbocycles. The van der Waals surface area contributed by atoms with E-state index in [1.165, 1.54) is 24.2 Å². The van der Waals surface area contributed by atoms with Crippen molar-refractivity contribution in [2.75, 3.05) is 24.5 Å². The van der Waals surface area contributed by atoms with Crippen molar-refractivity contribution in [3.63, 3.8) is 0 Å². The Labute approximate surface area is 161 Å². The molecule has 0 atom stereocenters. The molecule has 2 aromatic heterocycles. The number of aryl methyl sites for hydroxylation is 2. The molecular weight excluding hydrogens is 364 g/mol. The zero-order valence-corrected chi connectivity index (χ0v) is 16.3. The summed E-state index contributed by atoms with van der Waals surface area (Å²) in [6, 6.07) is -0.00228. The number of carbonyl (C=O) groups is 2. The van der Waals surface area contributed by atoms with Crippen LogP contribution in [0.2, 0.25) is 0 Å². The first kappa shape index (κ1) is 17.8. The highest BCUT2D eigenvalue weighted by molar-refractivity contribution is 7.17. The van der Waals surface area contributed by atoms with E-state index in [2.05, 4.69) is 20.3 Å². The van der Waals surface area contributed by atoms with Crippen molar-refractivity contribution < 1.29 is 9.59 Å². The minimum Gasteiger partial charge on any atom is -0.346 e. The number of urea groups is 1. The average Bonchev–Trinajstić information content (AvgIpc) is 3.29.